The number of hydrogen-bond donors (Lipinski definition) is 3. The van der Waals surface area contributed by atoms with E-state index in [1.165, 1.54) is 0 Å². The van der Waals surface area contributed by atoms with Gasteiger partial charge in [-0.05, 0) is 26.8 Å². The maximum atomic E-state index is 13.7. The summed E-state index contributed by atoms with van der Waals surface area (Å²) >= 11 is 0. The zero-order valence-corrected chi connectivity index (χ0v) is 12.6. The first-order valence-electron chi connectivity index (χ1n) is 5.99. The van der Waals surface area contributed by atoms with E-state index in [4.69, 9.17) is 5.73 Å². The van der Waals surface area contributed by atoms with Crippen LogP contribution >= 0.6 is 0 Å². The van der Waals surface area contributed by atoms with E-state index in [0.717, 1.165) is 0 Å². The Labute approximate surface area is 121 Å². The number of sulfonamides is 1. The Kier molecular flexibility index (Phi) is 5.03. The number of halogens is 2. The summed E-state index contributed by atoms with van der Waals surface area (Å²) in [5.74, 6) is -3.08. The van der Waals surface area contributed by atoms with Gasteiger partial charge in [0.2, 0.25) is 15.9 Å². The summed E-state index contributed by atoms with van der Waals surface area (Å²) in [5, 5.41) is 2.06. The second-order valence-corrected chi connectivity index (χ2v) is 7.02. The van der Waals surface area contributed by atoms with E-state index < -0.39 is 50.2 Å². The van der Waals surface area contributed by atoms with Gasteiger partial charge in [0.05, 0.1) is 12.2 Å². The Balaban J connectivity index is 3.31. The molecular formula is C12H17F2N3O3S. The topological polar surface area (TPSA) is 101 Å². The van der Waals surface area contributed by atoms with Crippen LogP contribution in [0.3, 0.4) is 0 Å². The number of anilines is 1. The predicted octanol–water partition coefficient (Wildman–Crippen LogP) is 0.939. The Morgan fingerprint density at radius 3 is 2.29 bits per heavy atom. The minimum atomic E-state index is -4.20. The largest absolute Gasteiger partial charge is 0.322 e. The van der Waals surface area contributed by atoms with Gasteiger partial charge in [0.15, 0.2) is 0 Å². The van der Waals surface area contributed by atoms with E-state index in [0.29, 0.717) is 12.1 Å². The van der Waals surface area contributed by atoms with Gasteiger partial charge in [-0.15, -0.1) is 0 Å². The molecule has 0 fully saturated rings. The molecule has 0 saturated heterocycles. The van der Waals surface area contributed by atoms with Crippen molar-refractivity contribution in [1.82, 2.24) is 4.72 Å². The van der Waals surface area contributed by atoms with Gasteiger partial charge < -0.3 is 11.1 Å². The van der Waals surface area contributed by atoms with Crippen LogP contribution in [0, 0.1) is 11.6 Å². The van der Waals surface area contributed by atoms with Gasteiger partial charge in [0.1, 0.15) is 16.5 Å². The Bertz CT molecular complexity index is 654. The molecule has 6 nitrogen and oxygen atoms in total. The second kappa shape index (κ2) is 6.04. The van der Waals surface area contributed by atoms with E-state index in [9.17, 15) is 22.0 Å². The summed E-state index contributed by atoms with van der Waals surface area (Å²) in [4.78, 5) is 10.4. The molecule has 1 aromatic rings. The summed E-state index contributed by atoms with van der Waals surface area (Å²) in [5.41, 5.74) is 3.76. The van der Waals surface area contributed by atoms with E-state index in [1.807, 2.05) is 0 Å². The van der Waals surface area contributed by atoms with Gasteiger partial charge in [-0.2, -0.15) is 0 Å². The first-order chi connectivity index (χ1) is 9.46. The first kappa shape index (κ1) is 17.5. The standard InChI is InChI=1S/C12H17F2N3O3S/c1-12(2,3)17-21(19,20)10-5-9(16-11(18)6-15)7(13)4-8(10)14/h4-5,17H,6,15H2,1-3H3,(H,16,18). The Hall–Kier alpha value is -1.58. The fraction of sp³-hybridized carbons (Fsp3) is 0.417. The molecule has 4 N–H and O–H groups in total. The SMILES string of the molecule is CC(C)(C)NS(=O)(=O)c1cc(NC(=O)CN)c(F)cc1F. The molecule has 21 heavy (non-hydrogen) atoms. The van der Waals surface area contributed by atoms with Gasteiger partial charge in [-0.1, -0.05) is 0 Å². The number of rotatable bonds is 4. The lowest BCUT2D eigenvalue weighted by Gasteiger charge is -2.21. The van der Waals surface area contributed by atoms with Crippen LogP contribution in [0.5, 0.6) is 0 Å². The average Bonchev–Trinajstić information content (AvgIpc) is 2.28. The number of carbonyl (C=O) groups is 1. The molecule has 0 aliphatic rings. The molecule has 0 spiro atoms. The normalized spacial score (nSPS) is 12.3. The van der Waals surface area contributed by atoms with Crippen molar-refractivity contribution < 1.29 is 22.0 Å². The molecular weight excluding hydrogens is 304 g/mol. The number of carbonyl (C=O) groups excluding carboxylic acids is 1. The van der Waals surface area contributed by atoms with Crippen molar-refractivity contribution in [2.24, 2.45) is 5.73 Å². The lowest BCUT2D eigenvalue weighted by molar-refractivity contribution is -0.114. The highest BCUT2D eigenvalue weighted by molar-refractivity contribution is 7.89. The number of hydrogen-bond acceptors (Lipinski definition) is 4. The summed E-state index contributed by atoms with van der Waals surface area (Å²) < 4.78 is 53.7. The van der Waals surface area contributed by atoms with Crippen LogP contribution < -0.4 is 15.8 Å². The molecule has 0 aliphatic heterocycles. The third-order valence-corrected chi connectivity index (χ3v) is 3.98. The smallest absolute Gasteiger partial charge is 0.244 e. The van der Waals surface area contributed by atoms with Gasteiger partial charge in [-0.25, -0.2) is 21.9 Å². The molecule has 1 amide bonds. The van der Waals surface area contributed by atoms with Crippen molar-refractivity contribution in [1.29, 1.82) is 0 Å². The average molecular weight is 321 g/mol. The maximum absolute atomic E-state index is 13.7. The number of amides is 1. The predicted molar refractivity (Wildman–Crippen MR) is 74.1 cm³/mol. The Morgan fingerprint density at radius 1 is 1.24 bits per heavy atom. The monoisotopic (exact) mass is 321 g/mol. The number of benzene rings is 1. The van der Waals surface area contributed by atoms with Gasteiger partial charge in [-0.3, -0.25) is 4.79 Å². The zero-order chi connectivity index (χ0) is 16.4. The fourth-order valence-electron chi connectivity index (χ4n) is 1.49. The molecule has 1 aromatic carbocycles. The molecule has 0 atom stereocenters. The maximum Gasteiger partial charge on any atom is 0.244 e. The van der Waals surface area contributed by atoms with Crippen molar-refractivity contribution in [3.8, 4) is 0 Å². The summed E-state index contributed by atoms with van der Waals surface area (Å²) in [6.07, 6.45) is 0. The highest BCUT2D eigenvalue weighted by Crippen LogP contribution is 2.24. The van der Waals surface area contributed by atoms with Crippen LogP contribution in [0.25, 0.3) is 0 Å². The summed E-state index contributed by atoms with van der Waals surface area (Å²) in [6.45, 7) is 4.30. The van der Waals surface area contributed by atoms with Crippen molar-refractivity contribution in [3.05, 3.63) is 23.8 Å². The van der Waals surface area contributed by atoms with Crippen LogP contribution in [-0.4, -0.2) is 26.4 Å². The van der Waals surface area contributed by atoms with Crippen molar-refractivity contribution in [3.63, 3.8) is 0 Å². The molecule has 0 unspecified atom stereocenters. The zero-order valence-electron chi connectivity index (χ0n) is 11.8. The molecule has 0 radical (unpaired) electrons. The van der Waals surface area contributed by atoms with Crippen LogP contribution in [-0.2, 0) is 14.8 Å². The lowest BCUT2D eigenvalue weighted by Crippen LogP contribution is -2.40. The lowest BCUT2D eigenvalue weighted by atomic mass is 10.1. The van der Waals surface area contributed by atoms with Gasteiger partial charge >= 0.3 is 0 Å². The molecule has 0 saturated carbocycles. The van der Waals surface area contributed by atoms with E-state index in [1.54, 1.807) is 20.8 Å². The first-order valence-corrected chi connectivity index (χ1v) is 7.47. The summed E-state index contributed by atoms with van der Waals surface area (Å²) in [7, 11) is -4.20. The molecule has 118 valence electrons. The minimum absolute atomic E-state index is 0.392. The second-order valence-electron chi connectivity index (χ2n) is 5.37. The van der Waals surface area contributed by atoms with Crippen LogP contribution in [0.1, 0.15) is 20.8 Å². The highest BCUT2D eigenvalue weighted by Gasteiger charge is 2.26. The van der Waals surface area contributed by atoms with E-state index in [-0.39, 0.29) is 0 Å². The third-order valence-electron chi connectivity index (χ3n) is 2.21. The minimum Gasteiger partial charge on any atom is -0.322 e. The highest BCUT2D eigenvalue weighted by atomic mass is 32.2. The quantitative estimate of drug-likeness (QED) is 0.768. The van der Waals surface area contributed by atoms with Crippen molar-refractivity contribution >= 4 is 21.6 Å². The molecule has 0 bridgehead atoms. The molecule has 0 aromatic heterocycles. The summed E-state index contributed by atoms with van der Waals surface area (Å²) in [6, 6.07) is 1.11. The molecule has 9 heteroatoms. The third kappa shape index (κ3) is 4.73. The van der Waals surface area contributed by atoms with E-state index >= 15 is 0 Å². The Morgan fingerprint density at radius 2 is 1.81 bits per heavy atom. The molecule has 1 rings (SSSR count). The van der Waals surface area contributed by atoms with Gasteiger partial charge in [0, 0.05) is 11.6 Å². The molecule has 0 heterocycles. The van der Waals surface area contributed by atoms with E-state index in [2.05, 4.69) is 10.0 Å². The fourth-order valence-corrected chi connectivity index (χ4v) is 2.99. The number of nitrogens with two attached hydrogens (primary N) is 1. The van der Waals surface area contributed by atoms with Crippen LogP contribution in [0.4, 0.5) is 14.5 Å². The molecule has 0 aliphatic carbocycles. The van der Waals surface area contributed by atoms with Crippen LogP contribution in [0.2, 0.25) is 0 Å². The van der Waals surface area contributed by atoms with Crippen molar-refractivity contribution in [2.45, 2.75) is 31.2 Å². The number of nitrogens with one attached hydrogen (secondary N) is 2. The van der Waals surface area contributed by atoms with Crippen LogP contribution in [0.15, 0.2) is 17.0 Å². The van der Waals surface area contributed by atoms with Crippen molar-refractivity contribution in [2.75, 3.05) is 11.9 Å². The van der Waals surface area contributed by atoms with Gasteiger partial charge in [0.25, 0.3) is 0 Å².